The van der Waals surface area contributed by atoms with Crippen molar-refractivity contribution in [2.24, 2.45) is 5.16 Å². The SMILES string of the molecule is C=CCc1ccccc1OCCOc1cccc(C=NO)c1. The van der Waals surface area contributed by atoms with E-state index in [-0.39, 0.29) is 0 Å². The van der Waals surface area contributed by atoms with E-state index in [1.54, 1.807) is 6.07 Å². The molecule has 0 saturated heterocycles. The molecule has 0 bridgehead atoms. The third kappa shape index (κ3) is 4.66. The van der Waals surface area contributed by atoms with E-state index in [1.165, 1.54) is 6.21 Å². The lowest BCUT2D eigenvalue weighted by Gasteiger charge is -2.11. The number of ether oxygens (including phenoxy) is 2. The topological polar surface area (TPSA) is 51.0 Å². The summed E-state index contributed by atoms with van der Waals surface area (Å²) in [7, 11) is 0. The zero-order valence-electron chi connectivity index (χ0n) is 12.3. The van der Waals surface area contributed by atoms with Crippen LogP contribution in [-0.4, -0.2) is 24.6 Å². The first-order valence-corrected chi connectivity index (χ1v) is 7.05. The Balaban J connectivity index is 1.84. The van der Waals surface area contributed by atoms with Gasteiger partial charge in [0.15, 0.2) is 0 Å². The van der Waals surface area contributed by atoms with Gasteiger partial charge in [-0.25, -0.2) is 0 Å². The molecule has 4 nitrogen and oxygen atoms in total. The minimum atomic E-state index is 0.433. The summed E-state index contributed by atoms with van der Waals surface area (Å²) in [6.07, 6.45) is 3.99. The van der Waals surface area contributed by atoms with Crippen molar-refractivity contribution in [1.29, 1.82) is 0 Å². The van der Waals surface area contributed by atoms with E-state index in [9.17, 15) is 0 Å². The maximum absolute atomic E-state index is 8.52. The summed E-state index contributed by atoms with van der Waals surface area (Å²) in [6, 6.07) is 15.2. The van der Waals surface area contributed by atoms with E-state index < -0.39 is 0 Å². The molecule has 2 rings (SSSR count). The zero-order chi connectivity index (χ0) is 15.6. The summed E-state index contributed by atoms with van der Waals surface area (Å²) in [5.74, 6) is 1.56. The Hall–Kier alpha value is -2.75. The Morgan fingerprint density at radius 1 is 1.05 bits per heavy atom. The average Bonchev–Trinajstić information content (AvgIpc) is 2.54. The molecule has 0 aliphatic carbocycles. The Morgan fingerprint density at radius 2 is 1.86 bits per heavy atom. The predicted octanol–water partition coefficient (Wildman–Crippen LogP) is 3.68. The summed E-state index contributed by atoms with van der Waals surface area (Å²) >= 11 is 0. The van der Waals surface area contributed by atoms with Gasteiger partial charge in [-0.05, 0) is 35.7 Å². The predicted molar refractivity (Wildman–Crippen MR) is 87.2 cm³/mol. The summed E-state index contributed by atoms with van der Waals surface area (Å²) < 4.78 is 11.4. The minimum Gasteiger partial charge on any atom is -0.490 e. The van der Waals surface area contributed by atoms with E-state index >= 15 is 0 Å². The molecule has 4 heteroatoms. The van der Waals surface area contributed by atoms with Gasteiger partial charge in [0.05, 0.1) is 6.21 Å². The van der Waals surface area contributed by atoms with Crippen molar-refractivity contribution in [2.45, 2.75) is 6.42 Å². The number of nitrogens with zero attached hydrogens (tertiary/aromatic N) is 1. The standard InChI is InChI=1S/C18H19NO3/c1-2-6-16-8-3-4-10-18(16)22-12-11-21-17-9-5-7-15(13-17)14-19-20/h2-5,7-10,13-14,20H,1,6,11-12H2. The molecule has 2 aromatic rings. The molecule has 0 fully saturated rings. The van der Waals surface area contributed by atoms with Crippen LogP contribution in [0.1, 0.15) is 11.1 Å². The van der Waals surface area contributed by atoms with Crippen LogP contribution in [0.15, 0.2) is 66.3 Å². The van der Waals surface area contributed by atoms with Crippen LogP contribution in [0.25, 0.3) is 0 Å². The third-order valence-corrected chi connectivity index (χ3v) is 3.01. The van der Waals surface area contributed by atoms with Crippen LogP contribution in [-0.2, 0) is 6.42 Å². The first-order chi connectivity index (χ1) is 10.8. The third-order valence-electron chi connectivity index (χ3n) is 3.01. The number of para-hydroxylation sites is 1. The Morgan fingerprint density at radius 3 is 2.68 bits per heavy atom. The Bertz CT molecular complexity index is 638. The van der Waals surface area contributed by atoms with Gasteiger partial charge in [-0.3, -0.25) is 0 Å². The highest BCUT2D eigenvalue weighted by Crippen LogP contribution is 2.19. The van der Waals surface area contributed by atoms with E-state index in [0.717, 1.165) is 23.3 Å². The van der Waals surface area contributed by atoms with Crippen LogP contribution in [0.5, 0.6) is 11.5 Å². The molecule has 22 heavy (non-hydrogen) atoms. The lowest BCUT2D eigenvalue weighted by atomic mass is 10.1. The molecule has 0 saturated carbocycles. The van der Waals surface area contributed by atoms with Gasteiger partial charge >= 0.3 is 0 Å². The summed E-state index contributed by atoms with van der Waals surface area (Å²) in [5, 5.41) is 11.5. The molecule has 114 valence electrons. The van der Waals surface area contributed by atoms with Gasteiger partial charge in [0, 0.05) is 0 Å². The minimum absolute atomic E-state index is 0.433. The molecule has 0 amide bonds. The fourth-order valence-electron chi connectivity index (χ4n) is 2.03. The first-order valence-electron chi connectivity index (χ1n) is 7.05. The van der Waals surface area contributed by atoms with Crippen molar-refractivity contribution >= 4 is 6.21 Å². The maximum Gasteiger partial charge on any atom is 0.122 e. The van der Waals surface area contributed by atoms with Gasteiger partial charge in [-0.1, -0.05) is 41.6 Å². The normalized spacial score (nSPS) is 10.5. The first kappa shape index (κ1) is 15.6. The second-order valence-electron chi connectivity index (χ2n) is 4.61. The number of hydrogen-bond acceptors (Lipinski definition) is 4. The van der Waals surface area contributed by atoms with Gasteiger partial charge in [0.2, 0.25) is 0 Å². The molecular weight excluding hydrogens is 278 g/mol. The summed E-state index contributed by atoms with van der Waals surface area (Å²) in [6.45, 7) is 4.63. The van der Waals surface area contributed by atoms with Gasteiger partial charge in [0.1, 0.15) is 24.7 Å². The van der Waals surface area contributed by atoms with E-state index in [0.29, 0.717) is 19.0 Å². The number of hydrogen-bond donors (Lipinski definition) is 1. The second kappa shape index (κ2) is 8.52. The van der Waals surface area contributed by atoms with Gasteiger partial charge in [0.25, 0.3) is 0 Å². The molecule has 0 atom stereocenters. The monoisotopic (exact) mass is 297 g/mol. The van der Waals surface area contributed by atoms with Crippen molar-refractivity contribution in [2.75, 3.05) is 13.2 Å². The largest absolute Gasteiger partial charge is 0.490 e. The Labute approximate surface area is 130 Å². The zero-order valence-corrected chi connectivity index (χ0v) is 12.3. The van der Waals surface area contributed by atoms with E-state index in [1.807, 2.05) is 48.5 Å². The van der Waals surface area contributed by atoms with Gasteiger partial charge in [-0.2, -0.15) is 0 Å². The van der Waals surface area contributed by atoms with Crippen LogP contribution >= 0.6 is 0 Å². The second-order valence-corrected chi connectivity index (χ2v) is 4.61. The molecule has 0 unspecified atom stereocenters. The molecular formula is C18H19NO3. The number of allylic oxidation sites excluding steroid dienone is 1. The molecule has 0 aliphatic rings. The molecule has 0 aliphatic heterocycles. The van der Waals surface area contributed by atoms with Crippen LogP contribution in [0.4, 0.5) is 0 Å². The fourth-order valence-corrected chi connectivity index (χ4v) is 2.03. The van der Waals surface area contributed by atoms with Crippen molar-refractivity contribution in [3.8, 4) is 11.5 Å². The lowest BCUT2D eigenvalue weighted by Crippen LogP contribution is -2.10. The van der Waals surface area contributed by atoms with Crippen LogP contribution < -0.4 is 9.47 Å². The van der Waals surface area contributed by atoms with Crippen molar-refractivity contribution in [3.63, 3.8) is 0 Å². The number of rotatable bonds is 8. The highest BCUT2D eigenvalue weighted by molar-refractivity contribution is 5.79. The van der Waals surface area contributed by atoms with Gasteiger partial charge < -0.3 is 14.7 Å². The van der Waals surface area contributed by atoms with E-state index in [2.05, 4.69) is 11.7 Å². The lowest BCUT2D eigenvalue weighted by molar-refractivity contribution is 0.216. The quantitative estimate of drug-likeness (QED) is 0.266. The van der Waals surface area contributed by atoms with Crippen molar-refractivity contribution in [3.05, 3.63) is 72.3 Å². The fraction of sp³-hybridized carbons (Fsp3) is 0.167. The molecule has 0 heterocycles. The average molecular weight is 297 g/mol. The number of benzene rings is 2. The van der Waals surface area contributed by atoms with Crippen LogP contribution in [0, 0.1) is 0 Å². The van der Waals surface area contributed by atoms with E-state index in [4.69, 9.17) is 14.7 Å². The van der Waals surface area contributed by atoms with Crippen molar-refractivity contribution in [1.82, 2.24) is 0 Å². The van der Waals surface area contributed by atoms with Crippen molar-refractivity contribution < 1.29 is 14.7 Å². The smallest absolute Gasteiger partial charge is 0.122 e. The number of oxime groups is 1. The molecule has 0 spiro atoms. The molecule has 0 radical (unpaired) electrons. The van der Waals surface area contributed by atoms with Crippen LogP contribution in [0.2, 0.25) is 0 Å². The molecule has 1 N–H and O–H groups in total. The Kier molecular flexibility index (Phi) is 6.05. The molecule has 2 aromatic carbocycles. The maximum atomic E-state index is 8.52. The van der Waals surface area contributed by atoms with Gasteiger partial charge in [-0.15, -0.1) is 6.58 Å². The summed E-state index contributed by atoms with van der Waals surface area (Å²) in [4.78, 5) is 0. The molecule has 0 aromatic heterocycles. The summed E-state index contributed by atoms with van der Waals surface area (Å²) in [5.41, 5.74) is 1.89. The van der Waals surface area contributed by atoms with Crippen LogP contribution in [0.3, 0.4) is 0 Å². The highest BCUT2D eigenvalue weighted by atomic mass is 16.5. The highest BCUT2D eigenvalue weighted by Gasteiger charge is 2.01.